The average Bonchev–Trinajstić information content (AvgIpc) is 2.65. The first-order valence-corrected chi connectivity index (χ1v) is 6.43. The molecule has 1 fully saturated rings. The van der Waals surface area contributed by atoms with Crippen LogP contribution in [0, 0.1) is 5.41 Å². The van der Waals surface area contributed by atoms with E-state index in [4.69, 9.17) is 10.2 Å². The second kappa shape index (κ2) is 6.18. The highest BCUT2D eigenvalue weighted by atomic mass is 16.7. The first-order chi connectivity index (χ1) is 9.60. The molecule has 0 unspecified atom stereocenters. The molecule has 1 aliphatic heterocycles. The molecule has 0 radical (unpaired) electrons. The molecule has 1 amide bonds. The summed E-state index contributed by atoms with van der Waals surface area (Å²) in [4.78, 5) is 18.4. The lowest BCUT2D eigenvalue weighted by atomic mass is 10.1. The number of aromatic nitrogens is 1. The van der Waals surface area contributed by atoms with Gasteiger partial charge in [0.2, 0.25) is 11.8 Å². The van der Waals surface area contributed by atoms with E-state index in [2.05, 4.69) is 5.32 Å². The van der Waals surface area contributed by atoms with Crippen LogP contribution in [0.3, 0.4) is 0 Å². The summed E-state index contributed by atoms with van der Waals surface area (Å²) in [5.41, 5.74) is 0. The molecule has 2 rings (SSSR count). The maximum absolute atomic E-state index is 11.7. The molecule has 8 heteroatoms. The Balaban J connectivity index is 1.87. The molecule has 1 atom stereocenters. The fourth-order valence-corrected chi connectivity index (χ4v) is 2.16. The van der Waals surface area contributed by atoms with Crippen molar-refractivity contribution in [2.24, 2.45) is 0 Å². The first-order valence-electron chi connectivity index (χ1n) is 6.43. The molecular weight excluding hydrogens is 264 g/mol. The summed E-state index contributed by atoms with van der Waals surface area (Å²) < 4.78 is 0.649. The Morgan fingerprint density at radius 1 is 1.35 bits per heavy atom. The van der Waals surface area contributed by atoms with Crippen LogP contribution in [0.5, 0.6) is 11.8 Å². The Hall–Kier alpha value is -2.38. The predicted molar refractivity (Wildman–Crippen MR) is 70.9 cm³/mol. The smallest absolute Gasteiger partial charge is 0.432 e. The minimum absolute atomic E-state index is 0.0488. The maximum Gasteiger partial charge on any atom is 0.432 e. The summed E-state index contributed by atoms with van der Waals surface area (Å²) in [6.07, 6.45) is 2.95. The van der Waals surface area contributed by atoms with E-state index in [-0.39, 0.29) is 17.8 Å². The van der Waals surface area contributed by atoms with Crippen LogP contribution >= 0.6 is 0 Å². The number of rotatable bonds is 3. The average molecular weight is 282 g/mol. The van der Waals surface area contributed by atoms with Gasteiger partial charge in [-0.15, -0.1) is 4.73 Å². The van der Waals surface area contributed by atoms with Gasteiger partial charge in [0, 0.05) is 31.3 Å². The largest absolute Gasteiger partial charge is 0.492 e. The van der Waals surface area contributed by atoms with Crippen LogP contribution in [0.2, 0.25) is 0 Å². The maximum atomic E-state index is 11.7. The van der Waals surface area contributed by atoms with Crippen molar-refractivity contribution in [3.8, 4) is 11.8 Å². The Morgan fingerprint density at radius 3 is 2.70 bits per heavy atom. The molecule has 1 aromatic heterocycles. The van der Waals surface area contributed by atoms with Gasteiger partial charge in [-0.3, -0.25) is 5.41 Å². The molecule has 1 aliphatic rings. The quantitative estimate of drug-likeness (QED) is 0.476. The molecule has 110 valence electrons. The van der Waals surface area contributed by atoms with Crippen molar-refractivity contribution in [1.82, 2.24) is 14.9 Å². The summed E-state index contributed by atoms with van der Waals surface area (Å²) in [6.45, 7) is 1.50. The monoisotopic (exact) mass is 282 g/mol. The molecule has 1 saturated heterocycles. The summed E-state index contributed by atoms with van der Waals surface area (Å²) in [7, 11) is 0. The molecule has 8 nitrogen and oxygen atoms in total. The fraction of sp³-hybridized carbons (Fsp3) is 0.500. The van der Waals surface area contributed by atoms with Gasteiger partial charge in [0.25, 0.3) is 0 Å². The molecular formula is C12H18N4O4. The third kappa shape index (κ3) is 3.34. The Labute approximate surface area is 116 Å². The minimum Gasteiger partial charge on any atom is -0.492 e. The number of nitrogens with one attached hydrogen (secondary N) is 2. The van der Waals surface area contributed by atoms with Crippen molar-refractivity contribution in [3.63, 3.8) is 0 Å². The van der Waals surface area contributed by atoms with Crippen molar-refractivity contribution in [2.45, 2.75) is 25.3 Å². The van der Waals surface area contributed by atoms with Gasteiger partial charge >= 0.3 is 6.09 Å². The molecule has 0 bridgehead atoms. The van der Waals surface area contributed by atoms with Crippen LogP contribution in [0.15, 0.2) is 12.1 Å². The van der Waals surface area contributed by atoms with Crippen molar-refractivity contribution in [3.05, 3.63) is 12.1 Å². The third-order valence-corrected chi connectivity index (χ3v) is 3.24. The zero-order valence-electron chi connectivity index (χ0n) is 11.0. The van der Waals surface area contributed by atoms with E-state index in [1.54, 1.807) is 0 Å². The number of amides is 1. The highest BCUT2D eigenvalue weighted by Crippen LogP contribution is 2.18. The molecule has 1 aromatic rings. The van der Waals surface area contributed by atoms with Crippen LogP contribution in [0.1, 0.15) is 19.3 Å². The van der Waals surface area contributed by atoms with E-state index >= 15 is 0 Å². The highest BCUT2D eigenvalue weighted by molar-refractivity contribution is 5.68. The lowest BCUT2D eigenvalue weighted by molar-refractivity contribution is 0.105. The van der Waals surface area contributed by atoms with Crippen LogP contribution in [-0.4, -0.2) is 51.4 Å². The molecule has 4 N–H and O–H groups in total. The molecule has 0 aromatic carbocycles. The second-order valence-electron chi connectivity index (χ2n) is 4.66. The molecule has 0 spiro atoms. The van der Waals surface area contributed by atoms with Gasteiger partial charge in [-0.25, -0.2) is 4.79 Å². The van der Waals surface area contributed by atoms with Crippen LogP contribution in [0.25, 0.3) is 0 Å². The van der Waals surface area contributed by atoms with Crippen molar-refractivity contribution < 1.29 is 19.8 Å². The number of carbonyl (C=O) groups excluding carboxylic acids is 1. The van der Waals surface area contributed by atoms with Crippen molar-refractivity contribution >= 4 is 12.4 Å². The van der Waals surface area contributed by atoms with E-state index < -0.39 is 6.09 Å². The van der Waals surface area contributed by atoms with E-state index in [0.29, 0.717) is 17.7 Å². The predicted octanol–water partition coefficient (Wildman–Crippen LogP) is 0.499. The highest BCUT2D eigenvalue weighted by Gasteiger charge is 2.19. The van der Waals surface area contributed by atoms with E-state index in [1.165, 1.54) is 18.5 Å². The van der Waals surface area contributed by atoms with E-state index in [1.807, 2.05) is 4.90 Å². The van der Waals surface area contributed by atoms with Crippen LogP contribution in [0.4, 0.5) is 4.79 Å². The van der Waals surface area contributed by atoms with Crippen LogP contribution < -0.4 is 10.2 Å². The molecule has 2 heterocycles. The first kappa shape index (κ1) is 14.0. The van der Waals surface area contributed by atoms with E-state index in [0.717, 1.165) is 19.4 Å². The molecule has 0 aliphatic carbocycles. The van der Waals surface area contributed by atoms with Crippen molar-refractivity contribution in [2.75, 3.05) is 13.1 Å². The minimum atomic E-state index is -0.736. The number of hydrogen-bond donors (Lipinski definition) is 4. The third-order valence-electron chi connectivity index (χ3n) is 3.24. The molecule has 20 heavy (non-hydrogen) atoms. The summed E-state index contributed by atoms with van der Waals surface area (Å²) in [6, 6.07) is 2.39. The van der Waals surface area contributed by atoms with Gasteiger partial charge in [-0.2, -0.15) is 0 Å². The Kier molecular flexibility index (Phi) is 4.34. The Morgan fingerprint density at radius 2 is 2.05 bits per heavy atom. The van der Waals surface area contributed by atoms with E-state index in [9.17, 15) is 15.0 Å². The zero-order valence-corrected chi connectivity index (χ0v) is 11.0. The second-order valence-corrected chi connectivity index (χ2v) is 4.66. The Bertz CT molecular complexity index is 468. The summed E-state index contributed by atoms with van der Waals surface area (Å²) in [5, 5.41) is 28.6. The van der Waals surface area contributed by atoms with Gasteiger partial charge in [0.15, 0.2) is 0 Å². The summed E-state index contributed by atoms with van der Waals surface area (Å²) >= 11 is 0. The lowest BCUT2D eigenvalue weighted by Gasteiger charge is -2.17. The number of carbonyl (C=O) groups is 1. The van der Waals surface area contributed by atoms with Crippen LogP contribution in [-0.2, 0) is 0 Å². The van der Waals surface area contributed by atoms with Crippen molar-refractivity contribution in [1.29, 1.82) is 5.41 Å². The van der Waals surface area contributed by atoms with Gasteiger partial charge in [0.1, 0.15) is 0 Å². The van der Waals surface area contributed by atoms with Gasteiger partial charge in [-0.05, 0) is 19.3 Å². The number of aromatic hydroxyl groups is 2. The van der Waals surface area contributed by atoms with Gasteiger partial charge in [0.05, 0.1) is 6.34 Å². The fourth-order valence-electron chi connectivity index (χ4n) is 2.16. The SMILES string of the molecule is N=CN1CCC[C@H](NC(=O)On2c(O)ccc2O)CC1. The number of likely N-dealkylation sites (tertiary alicyclic amines) is 1. The topological polar surface area (TPSA) is 111 Å². The lowest BCUT2D eigenvalue weighted by Crippen LogP contribution is -2.39. The van der Waals surface area contributed by atoms with Gasteiger partial charge in [-0.1, -0.05) is 0 Å². The zero-order chi connectivity index (χ0) is 14.5. The number of nitrogens with zero attached hydrogens (tertiary/aromatic N) is 2. The summed E-state index contributed by atoms with van der Waals surface area (Å²) in [5.74, 6) is -0.706. The standard InChI is InChI=1S/C12H18N4O4/c13-8-15-6-1-2-9(5-7-15)14-12(19)20-16-10(17)3-4-11(16)18/h3-4,8-9,13,17-18H,1-2,5-7H2,(H,14,19)/t9-/m0/s1. The van der Waals surface area contributed by atoms with Gasteiger partial charge < -0.3 is 25.3 Å². The number of hydrogen-bond acceptors (Lipinski definition) is 5. The normalized spacial score (nSPS) is 19.2. The molecule has 0 saturated carbocycles.